The Kier molecular flexibility index (Phi) is 3.96. The van der Waals surface area contributed by atoms with Gasteiger partial charge in [-0.1, -0.05) is 35.5 Å². The molecule has 24 heavy (non-hydrogen) atoms. The van der Waals surface area contributed by atoms with E-state index >= 15 is 0 Å². The molecule has 1 aliphatic rings. The molecule has 3 heterocycles. The highest BCUT2D eigenvalue weighted by Crippen LogP contribution is 2.33. The second kappa shape index (κ2) is 6.41. The van der Waals surface area contributed by atoms with Gasteiger partial charge in [-0.2, -0.15) is 0 Å². The molecule has 0 spiro atoms. The van der Waals surface area contributed by atoms with Gasteiger partial charge in [-0.3, -0.25) is 0 Å². The minimum Gasteiger partial charge on any atom is -0.360 e. The second-order valence-electron chi connectivity index (χ2n) is 5.93. The fourth-order valence-electron chi connectivity index (χ4n) is 2.99. The van der Waals surface area contributed by atoms with Crippen molar-refractivity contribution in [3.05, 3.63) is 48.4 Å². The average Bonchev–Trinajstić information content (AvgIpc) is 3.25. The number of nitrogens with one attached hydrogen (secondary N) is 2. The Morgan fingerprint density at radius 3 is 2.88 bits per heavy atom. The minimum absolute atomic E-state index is 0.373. The van der Waals surface area contributed by atoms with Crippen LogP contribution in [0.3, 0.4) is 0 Å². The standard InChI is InChI=1S/C18H19N5O/c1-12-16(17(23-24-12)13-5-3-2-4-6-13)15-8-10-20-18(22-15)21-14-7-9-19-11-14/h2-6,8,10,14,19H,7,9,11H2,1H3,(H,20,21,22)/t14-/m1/s1. The predicted octanol–water partition coefficient (Wildman–Crippen LogP) is 2.88. The van der Waals surface area contributed by atoms with Crippen molar-refractivity contribution in [2.24, 2.45) is 0 Å². The lowest BCUT2D eigenvalue weighted by atomic mass is 10.0. The third-order valence-electron chi connectivity index (χ3n) is 4.22. The summed E-state index contributed by atoms with van der Waals surface area (Å²) in [4.78, 5) is 9.02. The van der Waals surface area contributed by atoms with Crippen LogP contribution < -0.4 is 10.6 Å². The molecule has 4 rings (SSSR count). The Labute approximate surface area is 140 Å². The number of benzene rings is 1. The van der Waals surface area contributed by atoms with Gasteiger partial charge in [-0.05, 0) is 26.0 Å². The molecule has 0 saturated carbocycles. The summed E-state index contributed by atoms with van der Waals surface area (Å²) in [5.74, 6) is 1.39. The molecule has 0 unspecified atom stereocenters. The van der Waals surface area contributed by atoms with Gasteiger partial charge in [0.05, 0.1) is 11.3 Å². The Balaban J connectivity index is 1.70. The molecule has 0 radical (unpaired) electrons. The number of aryl methyl sites for hydroxylation is 1. The van der Waals surface area contributed by atoms with Crippen molar-refractivity contribution in [2.75, 3.05) is 18.4 Å². The van der Waals surface area contributed by atoms with E-state index in [4.69, 9.17) is 4.52 Å². The van der Waals surface area contributed by atoms with E-state index in [-0.39, 0.29) is 0 Å². The highest BCUT2D eigenvalue weighted by molar-refractivity contribution is 5.80. The van der Waals surface area contributed by atoms with Gasteiger partial charge in [-0.15, -0.1) is 0 Å². The van der Waals surface area contributed by atoms with E-state index in [0.29, 0.717) is 12.0 Å². The van der Waals surface area contributed by atoms with Crippen LogP contribution in [0.1, 0.15) is 12.2 Å². The molecule has 1 atom stereocenters. The van der Waals surface area contributed by atoms with Crippen molar-refractivity contribution >= 4 is 5.95 Å². The number of rotatable bonds is 4. The molecule has 2 N–H and O–H groups in total. The van der Waals surface area contributed by atoms with E-state index in [1.807, 2.05) is 43.3 Å². The smallest absolute Gasteiger partial charge is 0.223 e. The van der Waals surface area contributed by atoms with Gasteiger partial charge in [0.25, 0.3) is 0 Å². The Morgan fingerprint density at radius 2 is 2.08 bits per heavy atom. The van der Waals surface area contributed by atoms with Crippen LogP contribution >= 0.6 is 0 Å². The molecule has 122 valence electrons. The summed E-state index contributed by atoms with van der Waals surface area (Å²) >= 11 is 0. The number of nitrogens with zero attached hydrogens (tertiary/aromatic N) is 3. The van der Waals surface area contributed by atoms with Crippen LogP contribution in [0.25, 0.3) is 22.5 Å². The summed E-state index contributed by atoms with van der Waals surface area (Å²) < 4.78 is 5.44. The molecular formula is C18H19N5O. The maximum atomic E-state index is 5.44. The molecule has 0 bridgehead atoms. The Hall–Kier alpha value is -2.73. The molecule has 6 heteroatoms. The lowest BCUT2D eigenvalue weighted by molar-refractivity contribution is 0.400. The van der Waals surface area contributed by atoms with Gasteiger partial charge in [0.15, 0.2) is 0 Å². The molecule has 1 saturated heterocycles. The first-order valence-corrected chi connectivity index (χ1v) is 8.13. The molecule has 1 aromatic carbocycles. The number of aromatic nitrogens is 3. The minimum atomic E-state index is 0.373. The fourth-order valence-corrected chi connectivity index (χ4v) is 2.99. The summed E-state index contributed by atoms with van der Waals surface area (Å²) in [6.07, 6.45) is 2.85. The number of hydrogen-bond donors (Lipinski definition) is 2. The molecule has 1 fully saturated rings. The third-order valence-corrected chi connectivity index (χ3v) is 4.22. The van der Waals surface area contributed by atoms with E-state index in [0.717, 1.165) is 47.8 Å². The fraction of sp³-hybridized carbons (Fsp3) is 0.278. The third kappa shape index (κ3) is 2.88. The van der Waals surface area contributed by atoms with Crippen LogP contribution in [-0.4, -0.2) is 34.3 Å². The highest BCUT2D eigenvalue weighted by atomic mass is 16.5. The second-order valence-corrected chi connectivity index (χ2v) is 5.93. The maximum absolute atomic E-state index is 5.44. The van der Waals surface area contributed by atoms with Crippen molar-refractivity contribution in [1.82, 2.24) is 20.4 Å². The van der Waals surface area contributed by atoms with Crippen molar-refractivity contribution in [1.29, 1.82) is 0 Å². The zero-order valence-electron chi connectivity index (χ0n) is 13.5. The van der Waals surface area contributed by atoms with Crippen LogP contribution in [0.15, 0.2) is 47.1 Å². The summed E-state index contributed by atoms with van der Waals surface area (Å²) in [6, 6.07) is 12.3. The van der Waals surface area contributed by atoms with E-state index in [1.54, 1.807) is 6.20 Å². The predicted molar refractivity (Wildman–Crippen MR) is 92.6 cm³/mol. The molecular weight excluding hydrogens is 302 g/mol. The van der Waals surface area contributed by atoms with Gasteiger partial charge in [-0.25, -0.2) is 9.97 Å². The molecule has 2 aromatic heterocycles. The SMILES string of the molecule is Cc1onc(-c2ccccc2)c1-c1ccnc(N[C@@H]2CCNC2)n1. The molecule has 0 amide bonds. The molecule has 0 aliphatic carbocycles. The Morgan fingerprint density at radius 1 is 1.21 bits per heavy atom. The first kappa shape index (κ1) is 14.8. The summed E-state index contributed by atoms with van der Waals surface area (Å²) in [5, 5.41) is 10.9. The lowest BCUT2D eigenvalue weighted by Crippen LogP contribution is -2.23. The van der Waals surface area contributed by atoms with Gasteiger partial charge in [0.1, 0.15) is 11.5 Å². The van der Waals surface area contributed by atoms with Gasteiger partial charge in [0, 0.05) is 24.3 Å². The van der Waals surface area contributed by atoms with Crippen LogP contribution in [-0.2, 0) is 0 Å². The molecule has 6 nitrogen and oxygen atoms in total. The normalized spacial score (nSPS) is 17.1. The van der Waals surface area contributed by atoms with Gasteiger partial charge >= 0.3 is 0 Å². The maximum Gasteiger partial charge on any atom is 0.223 e. The van der Waals surface area contributed by atoms with E-state index in [2.05, 4.69) is 25.8 Å². The average molecular weight is 321 g/mol. The van der Waals surface area contributed by atoms with Crippen molar-refractivity contribution in [3.63, 3.8) is 0 Å². The van der Waals surface area contributed by atoms with Crippen LogP contribution in [0.5, 0.6) is 0 Å². The summed E-state index contributed by atoms with van der Waals surface area (Å²) in [6.45, 7) is 3.88. The molecule has 1 aliphatic heterocycles. The summed E-state index contributed by atoms with van der Waals surface area (Å²) in [7, 11) is 0. The lowest BCUT2D eigenvalue weighted by Gasteiger charge is -2.11. The van der Waals surface area contributed by atoms with E-state index in [1.165, 1.54) is 0 Å². The van der Waals surface area contributed by atoms with Crippen LogP contribution in [0.2, 0.25) is 0 Å². The first-order chi connectivity index (χ1) is 11.8. The molecule has 3 aromatic rings. The van der Waals surface area contributed by atoms with Crippen molar-refractivity contribution in [2.45, 2.75) is 19.4 Å². The van der Waals surface area contributed by atoms with Crippen molar-refractivity contribution < 1.29 is 4.52 Å². The monoisotopic (exact) mass is 321 g/mol. The van der Waals surface area contributed by atoms with Crippen molar-refractivity contribution in [3.8, 4) is 22.5 Å². The largest absolute Gasteiger partial charge is 0.360 e. The topological polar surface area (TPSA) is 75.9 Å². The van der Waals surface area contributed by atoms with Gasteiger partial charge < -0.3 is 15.2 Å². The first-order valence-electron chi connectivity index (χ1n) is 8.13. The zero-order chi connectivity index (χ0) is 16.4. The van der Waals surface area contributed by atoms with Crippen LogP contribution in [0, 0.1) is 6.92 Å². The van der Waals surface area contributed by atoms with E-state index < -0.39 is 0 Å². The zero-order valence-corrected chi connectivity index (χ0v) is 13.5. The summed E-state index contributed by atoms with van der Waals surface area (Å²) in [5.41, 5.74) is 3.55. The van der Waals surface area contributed by atoms with Crippen LogP contribution in [0.4, 0.5) is 5.95 Å². The number of anilines is 1. The van der Waals surface area contributed by atoms with E-state index in [9.17, 15) is 0 Å². The Bertz CT molecular complexity index is 824. The highest BCUT2D eigenvalue weighted by Gasteiger charge is 2.19. The van der Waals surface area contributed by atoms with Gasteiger partial charge in [0.2, 0.25) is 5.95 Å². The quantitative estimate of drug-likeness (QED) is 0.769. The number of hydrogen-bond acceptors (Lipinski definition) is 6.